The summed E-state index contributed by atoms with van der Waals surface area (Å²) in [6.07, 6.45) is 3.90. The SMILES string of the molecule is CCc1nnc(NS(=O)(=O)CC2CCCCN2)s1. The third kappa shape index (κ3) is 3.89. The molecule has 1 atom stereocenters. The lowest BCUT2D eigenvalue weighted by Gasteiger charge is -2.22. The van der Waals surface area contributed by atoms with Gasteiger partial charge < -0.3 is 5.32 Å². The Kier molecular flexibility index (Phi) is 4.52. The molecular weight excluding hydrogens is 272 g/mol. The summed E-state index contributed by atoms with van der Waals surface area (Å²) in [7, 11) is -3.33. The van der Waals surface area contributed by atoms with E-state index in [0.717, 1.165) is 37.2 Å². The Morgan fingerprint density at radius 2 is 2.28 bits per heavy atom. The van der Waals surface area contributed by atoms with Crippen LogP contribution in [-0.4, -0.2) is 37.0 Å². The summed E-state index contributed by atoms with van der Waals surface area (Å²) < 4.78 is 26.4. The summed E-state index contributed by atoms with van der Waals surface area (Å²) in [4.78, 5) is 0. The van der Waals surface area contributed by atoms with Crippen LogP contribution in [0.2, 0.25) is 0 Å². The number of hydrogen-bond donors (Lipinski definition) is 2. The molecule has 1 unspecified atom stereocenters. The van der Waals surface area contributed by atoms with Gasteiger partial charge in [0.25, 0.3) is 0 Å². The zero-order valence-corrected chi connectivity index (χ0v) is 12.0. The van der Waals surface area contributed by atoms with Gasteiger partial charge in [0.1, 0.15) is 5.01 Å². The summed E-state index contributed by atoms with van der Waals surface area (Å²) in [5.74, 6) is 0.105. The first-order valence-electron chi connectivity index (χ1n) is 6.15. The lowest BCUT2D eigenvalue weighted by atomic mass is 10.1. The molecule has 0 radical (unpaired) electrons. The van der Waals surface area contributed by atoms with Gasteiger partial charge in [-0.25, -0.2) is 8.42 Å². The molecule has 0 bridgehead atoms. The van der Waals surface area contributed by atoms with Crippen LogP contribution in [0.5, 0.6) is 0 Å². The van der Waals surface area contributed by atoms with E-state index in [1.807, 2.05) is 6.92 Å². The van der Waals surface area contributed by atoms with E-state index in [4.69, 9.17) is 0 Å². The molecule has 1 aliphatic rings. The number of sulfonamides is 1. The molecule has 1 aromatic rings. The number of aryl methyl sites for hydroxylation is 1. The van der Waals surface area contributed by atoms with Crippen molar-refractivity contribution in [2.24, 2.45) is 0 Å². The third-order valence-corrected chi connectivity index (χ3v) is 5.30. The lowest BCUT2D eigenvalue weighted by molar-refractivity contribution is 0.424. The molecule has 0 aliphatic carbocycles. The van der Waals surface area contributed by atoms with Crippen molar-refractivity contribution >= 4 is 26.5 Å². The van der Waals surface area contributed by atoms with Crippen molar-refractivity contribution in [3.63, 3.8) is 0 Å². The second-order valence-electron chi connectivity index (χ2n) is 4.38. The fourth-order valence-corrected chi connectivity index (χ4v) is 4.23. The number of hydrogen-bond acceptors (Lipinski definition) is 6. The number of rotatable bonds is 5. The van der Waals surface area contributed by atoms with E-state index < -0.39 is 10.0 Å². The van der Waals surface area contributed by atoms with Gasteiger partial charge in [-0.3, -0.25) is 4.72 Å². The van der Waals surface area contributed by atoms with E-state index in [1.54, 1.807) is 0 Å². The minimum atomic E-state index is -3.33. The first kappa shape index (κ1) is 13.7. The van der Waals surface area contributed by atoms with Gasteiger partial charge in [-0.05, 0) is 25.8 Å². The van der Waals surface area contributed by atoms with Gasteiger partial charge >= 0.3 is 0 Å². The van der Waals surface area contributed by atoms with Crippen molar-refractivity contribution in [1.82, 2.24) is 15.5 Å². The van der Waals surface area contributed by atoms with Crippen LogP contribution in [0.3, 0.4) is 0 Å². The summed E-state index contributed by atoms with van der Waals surface area (Å²) in [6.45, 7) is 2.86. The van der Waals surface area contributed by atoms with Gasteiger partial charge in [-0.2, -0.15) is 0 Å². The number of nitrogens with zero attached hydrogens (tertiary/aromatic N) is 2. The molecule has 1 fully saturated rings. The van der Waals surface area contributed by atoms with E-state index >= 15 is 0 Å². The normalized spacial score (nSPS) is 20.8. The Bertz CT molecular complexity index is 480. The Balaban J connectivity index is 1.93. The molecule has 0 saturated carbocycles. The minimum Gasteiger partial charge on any atom is -0.313 e. The fraction of sp³-hybridized carbons (Fsp3) is 0.800. The molecule has 18 heavy (non-hydrogen) atoms. The molecule has 1 aromatic heterocycles. The van der Waals surface area contributed by atoms with Crippen LogP contribution in [0.4, 0.5) is 5.13 Å². The highest BCUT2D eigenvalue weighted by molar-refractivity contribution is 7.92. The molecule has 1 saturated heterocycles. The van der Waals surface area contributed by atoms with Crippen LogP contribution >= 0.6 is 11.3 Å². The van der Waals surface area contributed by atoms with Crippen molar-refractivity contribution in [2.45, 2.75) is 38.6 Å². The first-order chi connectivity index (χ1) is 8.59. The molecule has 2 N–H and O–H groups in total. The van der Waals surface area contributed by atoms with Crippen LogP contribution < -0.4 is 10.0 Å². The molecule has 1 aliphatic heterocycles. The zero-order chi connectivity index (χ0) is 13.0. The quantitative estimate of drug-likeness (QED) is 0.844. The maximum Gasteiger partial charge on any atom is 0.236 e. The molecule has 0 spiro atoms. The maximum atomic E-state index is 12.0. The van der Waals surface area contributed by atoms with Crippen LogP contribution in [0.1, 0.15) is 31.2 Å². The Morgan fingerprint density at radius 1 is 1.44 bits per heavy atom. The predicted molar refractivity (Wildman–Crippen MR) is 72.3 cm³/mol. The van der Waals surface area contributed by atoms with Crippen molar-refractivity contribution < 1.29 is 8.42 Å². The number of anilines is 1. The fourth-order valence-electron chi connectivity index (χ4n) is 1.94. The van der Waals surface area contributed by atoms with Gasteiger partial charge in [0.05, 0.1) is 5.75 Å². The highest BCUT2D eigenvalue weighted by atomic mass is 32.2. The molecule has 2 rings (SSSR count). The van der Waals surface area contributed by atoms with E-state index in [2.05, 4.69) is 20.2 Å². The second kappa shape index (κ2) is 5.94. The molecular formula is C10H18N4O2S2. The summed E-state index contributed by atoms with van der Waals surface area (Å²) >= 11 is 1.29. The van der Waals surface area contributed by atoms with E-state index in [-0.39, 0.29) is 11.8 Å². The van der Waals surface area contributed by atoms with Crippen LogP contribution in [0.15, 0.2) is 0 Å². The average molecular weight is 290 g/mol. The van der Waals surface area contributed by atoms with Crippen LogP contribution in [-0.2, 0) is 16.4 Å². The third-order valence-electron chi connectivity index (χ3n) is 2.85. The lowest BCUT2D eigenvalue weighted by Crippen LogP contribution is -2.40. The Labute approximate surface area is 111 Å². The first-order valence-corrected chi connectivity index (χ1v) is 8.62. The summed E-state index contributed by atoms with van der Waals surface area (Å²) in [6, 6.07) is 0.0508. The topological polar surface area (TPSA) is 84.0 Å². The monoisotopic (exact) mass is 290 g/mol. The highest BCUT2D eigenvalue weighted by Gasteiger charge is 2.21. The molecule has 6 nitrogen and oxygen atoms in total. The van der Waals surface area contributed by atoms with Gasteiger partial charge in [0.15, 0.2) is 0 Å². The number of piperidine rings is 1. The maximum absolute atomic E-state index is 12.0. The molecule has 0 aromatic carbocycles. The van der Waals surface area contributed by atoms with E-state index in [0.29, 0.717) is 5.13 Å². The van der Waals surface area contributed by atoms with Gasteiger partial charge in [0.2, 0.25) is 15.2 Å². The second-order valence-corrected chi connectivity index (χ2v) is 7.21. The number of nitrogens with one attached hydrogen (secondary N) is 2. The molecule has 2 heterocycles. The van der Waals surface area contributed by atoms with Crippen LogP contribution in [0, 0.1) is 0 Å². The number of aromatic nitrogens is 2. The van der Waals surface area contributed by atoms with Gasteiger partial charge in [-0.15, -0.1) is 10.2 Å². The average Bonchev–Trinajstić information content (AvgIpc) is 2.76. The highest BCUT2D eigenvalue weighted by Crippen LogP contribution is 2.18. The largest absolute Gasteiger partial charge is 0.313 e. The standard InChI is InChI=1S/C10H18N4O2S2/c1-2-9-12-13-10(17-9)14-18(15,16)7-8-5-3-4-6-11-8/h8,11H,2-7H2,1H3,(H,13,14). The van der Waals surface area contributed by atoms with Crippen molar-refractivity contribution in [2.75, 3.05) is 17.0 Å². The molecule has 0 amide bonds. The zero-order valence-electron chi connectivity index (χ0n) is 10.3. The van der Waals surface area contributed by atoms with Gasteiger partial charge in [0, 0.05) is 6.04 Å². The predicted octanol–water partition coefficient (Wildman–Crippen LogP) is 0.984. The van der Waals surface area contributed by atoms with Crippen molar-refractivity contribution in [3.05, 3.63) is 5.01 Å². The van der Waals surface area contributed by atoms with Crippen molar-refractivity contribution in [1.29, 1.82) is 0 Å². The summed E-state index contributed by atoms with van der Waals surface area (Å²) in [5, 5.41) is 12.1. The van der Waals surface area contributed by atoms with Crippen LogP contribution in [0.25, 0.3) is 0 Å². The Morgan fingerprint density at radius 3 is 2.89 bits per heavy atom. The molecule has 8 heteroatoms. The van der Waals surface area contributed by atoms with Gasteiger partial charge in [-0.1, -0.05) is 24.7 Å². The smallest absolute Gasteiger partial charge is 0.236 e. The molecule has 102 valence electrons. The minimum absolute atomic E-state index is 0.0508. The summed E-state index contributed by atoms with van der Waals surface area (Å²) in [5.41, 5.74) is 0. The Hall–Kier alpha value is -0.730. The van der Waals surface area contributed by atoms with E-state index in [9.17, 15) is 8.42 Å². The van der Waals surface area contributed by atoms with Crippen molar-refractivity contribution in [3.8, 4) is 0 Å². The van der Waals surface area contributed by atoms with E-state index in [1.165, 1.54) is 11.3 Å².